The quantitative estimate of drug-likeness (QED) is 0.804. The maximum absolute atomic E-state index is 12.4. The molecule has 0 saturated carbocycles. The molecule has 6 heteroatoms. The van der Waals surface area contributed by atoms with Gasteiger partial charge in [-0.3, -0.25) is 9.48 Å². The van der Waals surface area contributed by atoms with Crippen LogP contribution in [-0.4, -0.2) is 22.8 Å². The number of ether oxygens (including phenoxy) is 1. The predicted octanol–water partition coefficient (Wildman–Crippen LogP) is 2.72. The summed E-state index contributed by atoms with van der Waals surface area (Å²) in [6.45, 7) is 4.36. The van der Waals surface area contributed by atoms with Crippen LogP contribution in [0.15, 0.2) is 28.9 Å². The molecule has 6 nitrogen and oxygen atoms in total. The van der Waals surface area contributed by atoms with E-state index in [9.17, 15) is 4.79 Å². The smallest absolute Gasteiger partial charge is 0.251 e. The number of aromatic nitrogens is 2. The molecular formula is C17H19N3O3. The zero-order valence-electron chi connectivity index (χ0n) is 13.6. The van der Waals surface area contributed by atoms with Crippen molar-refractivity contribution in [3.05, 3.63) is 47.0 Å². The minimum Gasteiger partial charge on any atom is -0.496 e. The van der Waals surface area contributed by atoms with Crippen molar-refractivity contribution >= 4 is 16.9 Å². The number of methoxy groups -OCH3 is 1. The van der Waals surface area contributed by atoms with Crippen molar-refractivity contribution in [2.24, 2.45) is 7.05 Å². The summed E-state index contributed by atoms with van der Waals surface area (Å²) in [6.07, 6.45) is 1.58. The lowest BCUT2D eigenvalue weighted by Crippen LogP contribution is -2.23. The third-order valence-electron chi connectivity index (χ3n) is 4.10. The van der Waals surface area contributed by atoms with Crippen LogP contribution < -0.4 is 10.1 Å². The zero-order chi connectivity index (χ0) is 16.6. The number of carbonyl (C=O) groups excluding carboxylic acids is 1. The van der Waals surface area contributed by atoms with Crippen molar-refractivity contribution in [2.45, 2.75) is 20.4 Å². The summed E-state index contributed by atoms with van der Waals surface area (Å²) in [4.78, 5) is 12.4. The van der Waals surface area contributed by atoms with Gasteiger partial charge in [-0.2, -0.15) is 5.10 Å². The van der Waals surface area contributed by atoms with Gasteiger partial charge < -0.3 is 14.5 Å². The number of furan rings is 1. The fourth-order valence-electron chi connectivity index (χ4n) is 2.68. The first-order valence-electron chi connectivity index (χ1n) is 7.33. The van der Waals surface area contributed by atoms with Crippen molar-refractivity contribution in [1.29, 1.82) is 0 Å². The fraction of sp³-hybridized carbons (Fsp3) is 0.294. The number of rotatable bonds is 4. The number of fused-ring (bicyclic) bond motifs is 1. The highest BCUT2D eigenvalue weighted by Crippen LogP contribution is 2.28. The van der Waals surface area contributed by atoms with Crippen LogP contribution >= 0.6 is 0 Å². The maximum atomic E-state index is 12.4. The number of hydrogen-bond donors (Lipinski definition) is 1. The van der Waals surface area contributed by atoms with Gasteiger partial charge in [0.25, 0.3) is 5.91 Å². The summed E-state index contributed by atoms with van der Waals surface area (Å²) in [6, 6.07) is 5.25. The van der Waals surface area contributed by atoms with E-state index >= 15 is 0 Å². The standard InChI is InChI=1S/C17H19N3O3/c1-10-14(11(2)20(3)19-10)9-18-17(21)12-7-15(22-4)13-5-6-23-16(13)8-12/h5-8H,9H2,1-4H3,(H,18,21). The molecule has 2 heterocycles. The second-order valence-corrected chi connectivity index (χ2v) is 5.47. The summed E-state index contributed by atoms with van der Waals surface area (Å²) in [7, 11) is 3.47. The molecule has 0 atom stereocenters. The Bertz CT molecular complexity index is 877. The molecule has 0 aliphatic carbocycles. The van der Waals surface area contributed by atoms with Crippen molar-refractivity contribution in [1.82, 2.24) is 15.1 Å². The van der Waals surface area contributed by atoms with E-state index in [-0.39, 0.29) is 5.91 Å². The van der Waals surface area contributed by atoms with E-state index in [1.807, 2.05) is 31.6 Å². The second-order valence-electron chi connectivity index (χ2n) is 5.47. The van der Waals surface area contributed by atoms with E-state index < -0.39 is 0 Å². The number of carbonyl (C=O) groups is 1. The van der Waals surface area contributed by atoms with E-state index in [0.29, 0.717) is 23.4 Å². The molecule has 0 fully saturated rings. The molecular weight excluding hydrogens is 294 g/mol. The first kappa shape index (κ1) is 15.1. The lowest BCUT2D eigenvalue weighted by atomic mass is 10.1. The van der Waals surface area contributed by atoms with Crippen molar-refractivity contribution in [2.75, 3.05) is 7.11 Å². The van der Waals surface area contributed by atoms with Gasteiger partial charge in [0, 0.05) is 30.4 Å². The van der Waals surface area contributed by atoms with Crippen LogP contribution in [0.2, 0.25) is 0 Å². The SMILES string of the molecule is COc1cc(C(=O)NCc2c(C)nn(C)c2C)cc2occc12. The van der Waals surface area contributed by atoms with E-state index in [4.69, 9.17) is 9.15 Å². The highest BCUT2D eigenvalue weighted by Gasteiger charge is 2.14. The first-order valence-corrected chi connectivity index (χ1v) is 7.33. The van der Waals surface area contributed by atoms with Gasteiger partial charge >= 0.3 is 0 Å². The predicted molar refractivity (Wildman–Crippen MR) is 86.6 cm³/mol. The Morgan fingerprint density at radius 1 is 1.39 bits per heavy atom. The van der Waals surface area contributed by atoms with Gasteiger partial charge in [-0.1, -0.05) is 0 Å². The highest BCUT2D eigenvalue weighted by atomic mass is 16.5. The summed E-state index contributed by atoms with van der Waals surface area (Å²) < 4.78 is 12.5. The zero-order valence-corrected chi connectivity index (χ0v) is 13.6. The lowest BCUT2D eigenvalue weighted by Gasteiger charge is -2.08. The maximum Gasteiger partial charge on any atom is 0.251 e. The minimum atomic E-state index is -0.177. The Morgan fingerprint density at radius 2 is 2.17 bits per heavy atom. The molecule has 2 aromatic heterocycles. The molecule has 1 aromatic carbocycles. The van der Waals surface area contributed by atoms with Gasteiger partial charge in [0.15, 0.2) is 0 Å². The van der Waals surface area contributed by atoms with Crippen molar-refractivity contribution in [3.63, 3.8) is 0 Å². The largest absolute Gasteiger partial charge is 0.496 e. The average Bonchev–Trinajstić information content (AvgIpc) is 3.10. The third-order valence-corrected chi connectivity index (χ3v) is 4.10. The van der Waals surface area contributed by atoms with E-state index in [1.54, 1.807) is 25.5 Å². The van der Waals surface area contributed by atoms with Gasteiger partial charge in [0.2, 0.25) is 0 Å². The van der Waals surface area contributed by atoms with Gasteiger partial charge in [-0.25, -0.2) is 0 Å². The number of hydrogen-bond acceptors (Lipinski definition) is 4. The van der Waals surface area contributed by atoms with Crippen LogP contribution in [0.4, 0.5) is 0 Å². The average molecular weight is 313 g/mol. The number of amides is 1. The number of nitrogens with one attached hydrogen (secondary N) is 1. The Labute approximate surface area is 134 Å². The van der Waals surface area contributed by atoms with Gasteiger partial charge in [0.1, 0.15) is 11.3 Å². The summed E-state index contributed by atoms with van der Waals surface area (Å²) in [5.41, 5.74) is 4.13. The van der Waals surface area contributed by atoms with Crippen LogP contribution in [0.25, 0.3) is 11.0 Å². The topological polar surface area (TPSA) is 69.3 Å². The first-order chi connectivity index (χ1) is 11.0. The Morgan fingerprint density at radius 3 is 2.83 bits per heavy atom. The molecule has 0 aliphatic heterocycles. The molecule has 0 bridgehead atoms. The molecule has 23 heavy (non-hydrogen) atoms. The van der Waals surface area contributed by atoms with E-state index in [2.05, 4.69) is 10.4 Å². The van der Waals surface area contributed by atoms with Crippen LogP contribution in [0, 0.1) is 13.8 Å². The van der Waals surface area contributed by atoms with Crippen LogP contribution in [0.3, 0.4) is 0 Å². The van der Waals surface area contributed by atoms with Crippen molar-refractivity contribution < 1.29 is 13.9 Å². The normalized spacial score (nSPS) is 11.0. The Balaban J connectivity index is 1.83. The summed E-state index contributed by atoms with van der Waals surface area (Å²) >= 11 is 0. The highest BCUT2D eigenvalue weighted by molar-refractivity contribution is 5.99. The van der Waals surface area contributed by atoms with Crippen molar-refractivity contribution in [3.8, 4) is 5.75 Å². The molecule has 3 rings (SSSR count). The molecule has 0 spiro atoms. The summed E-state index contributed by atoms with van der Waals surface area (Å²) in [5.74, 6) is 0.444. The number of nitrogens with zero attached hydrogens (tertiary/aromatic N) is 2. The van der Waals surface area contributed by atoms with Crippen LogP contribution in [0.1, 0.15) is 27.3 Å². The molecule has 0 unspecified atom stereocenters. The Hall–Kier alpha value is -2.76. The third kappa shape index (κ3) is 2.67. The lowest BCUT2D eigenvalue weighted by molar-refractivity contribution is 0.0950. The second kappa shape index (κ2) is 5.79. The monoisotopic (exact) mass is 313 g/mol. The number of aryl methyl sites for hydroxylation is 2. The van der Waals surface area contributed by atoms with Crippen LogP contribution in [-0.2, 0) is 13.6 Å². The fourth-order valence-corrected chi connectivity index (χ4v) is 2.68. The molecule has 0 aliphatic rings. The van der Waals surface area contributed by atoms with E-state index in [1.165, 1.54) is 0 Å². The molecule has 0 saturated heterocycles. The molecule has 1 amide bonds. The molecule has 120 valence electrons. The minimum absolute atomic E-state index is 0.177. The molecule has 0 radical (unpaired) electrons. The Kier molecular flexibility index (Phi) is 3.82. The molecule has 1 N–H and O–H groups in total. The van der Waals surface area contributed by atoms with Gasteiger partial charge in [0.05, 0.1) is 24.5 Å². The van der Waals surface area contributed by atoms with Gasteiger partial charge in [-0.05, 0) is 32.0 Å². The molecule has 3 aromatic rings. The van der Waals surface area contributed by atoms with Gasteiger partial charge in [-0.15, -0.1) is 0 Å². The van der Waals surface area contributed by atoms with Crippen LogP contribution in [0.5, 0.6) is 5.75 Å². The number of benzene rings is 1. The summed E-state index contributed by atoms with van der Waals surface area (Å²) in [5, 5.41) is 8.13. The van der Waals surface area contributed by atoms with E-state index in [0.717, 1.165) is 22.3 Å².